The number of sulfonamides is 1. The maximum atomic E-state index is 13.2. The summed E-state index contributed by atoms with van der Waals surface area (Å²) in [4.78, 5) is 15.2. The van der Waals surface area contributed by atoms with E-state index in [4.69, 9.17) is 0 Å². The van der Waals surface area contributed by atoms with Crippen LogP contribution in [0.15, 0.2) is 59.5 Å². The van der Waals surface area contributed by atoms with Gasteiger partial charge in [-0.1, -0.05) is 48.5 Å². The van der Waals surface area contributed by atoms with E-state index < -0.39 is 25.9 Å². The second kappa shape index (κ2) is 9.47. The van der Waals surface area contributed by atoms with Gasteiger partial charge in [-0.2, -0.15) is 0 Å². The first-order valence-electron chi connectivity index (χ1n) is 9.89. The highest BCUT2D eigenvalue weighted by atomic mass is 32.2. The lowest BCUT2D eigenvalue weighted by atomic mass is 10.0. The first-order chi connectivity index (χ1) is 14.6. The second-order valence-electron chi connectivity index (χ2n) is 7.61. The van der Waals surface area contributed by atoms with Gasteiger partial charge in [0.05, 0.1) is 16.4 Å². The number of sulfone groups is 1. The highest BCUT2D eigenvalue weighted by molar-refractivity contribution is 7.91. The van der Waals surface area contributed by atoms with Crippen molar-refractivity contribution in [1.82, 2.24) is 14.5 Å². The van der Waals surface area contributed by atoms with Crippen LogP contribution in [-0.4, -0.2) is 70.6 Å². The van der Waals surface area contributed by atoms with Gasteiger partial charge in [-0.25, -0.2) is 21.1 Å². The van der Waals surface area contributed by atoms with Crippen LogP contribution >= 0.6 is 0 Å². The lowest BCUT2D eigenvalue weighted by molar-refractivity contribution is -0.126. The van der Waals surface area contributed by atoms with Gasteiger partial charge in [-0.05, 0) is 17.2 Å². The van der Waals surface area contributed by atoms with Gasteiger partial charge in [-0.3, -0.25) is 9.69 Å². The van der Waals surface area contributed by atoms with Crippen molar-refractivity contribution in [3.8, 4) is 0 Å². The molecule has 1 N–H and O–H groups in total. The first kappa shape index (κ1) is 23.4. The van der Waals surface area contributed by atoms with E-state index >= 15 is 0 Å². The highest BCUT2D eigenvalue weighted by Gasteiger charge is 2.32. The molecule has 1 amide bonds. The molecule has 1 heterocycles. The van der Waals surface area contributed by atoms with E-state index in [2.05, 4.69) is 5.32 Å². The van der Waals surface area contributed by atoms with Crippen molar-refractivity contribution >= 4 is 25.8 Å². The number of amides is 1. The van der Waals surface area contributed by atoms with Crippen molar-refractivity contribution < 1.29 is 21.6 Å². The number of benzene rings is 2. The zero-order valence-electron chi connectivity index (χ0n) is 17.6. The van der Waals surface area contributed by atoms with Crippen LogP contribution in [-0.2, 0) is 31.2 Å². The molecule has 1 saturated heterocycles. The summed E-state index contributed by atoms with van der Waals surface area (Å²) in [6, 6.07) is 15.1. The summed E-state index contributed by atoms with van der Waals surface area (Å²) in [5.41, 5.74) is 1.24. The van der Waals surface area contributed by atoms with Gasteiger partial charge in [-0.15, -0.1) is 0 Å². The molecule has 1 unspecified atom stereocenters. The molecule has 10 heteroatoms. The molecule has 3 rings (SSSR count). The number of nitrogens with zero attached hydrogens (tertiary/aromatic N) is 2. The number of nitrogens with one attached hydrogen (secondary N) is 1. The summed E-state index contributed by atoms with van der Waals surface area (Å²) in [6.07, 6.45) is 0. The predicted octanol–water partition coefficient (Wildman–Crippen LogP) is 1.02. The molecular formula is C21H27N3O5S2. The molecule has 0 saturated carbocycles. The summed E-state index contributed by atoms with van der Waals surface area (Å²) in [7, 11) is -3.83. The van der Waals surface area contributed by atoms with E-state index in [1.54, 1.807) is 18.2 Å². The van der Waals surface area contributed by atoms with Crippen LogP contribution in [0.1, 0.15) is 17.2 Å². The van der Waals surface area contributed by atoms with Crippen LogP contribution in [0.4, 0.5) is 0 Å². The zero-order chi connectivity index (χ0) is 22.6. The average molecular weight is 466 g/mol. The fourth-order valence-electron chi connectivity index (χ4n) is 3.53. The average Bonchev–Trinajstić information content (AvgIpc) is 2.74. The Morgan fingerprint density at radius 2 is 1.61 bits per heavy atom. The van der Waals surface area contributed by atoms with Crippen molar-refractivity contribution in [2.45, 2.75) is 17.5 Å². The van der Waals surface area contributed by atoms with E-state index in [0.29, 0.717) is 5.56 Å². The normalized spacial score (nSPS) is 17.9. The van der Waals surface area contributed by atoms with Crippen LogP contribution in [0.3, 0.4) is 0 Å². The Bertz CT molecular complexity index is 1120. The van der Waals surface area contributed by atoms with Gasteiger partial charge in [0.1, 0.15) is 6.04 Å². The predicted molar refractivity (Wildman–Crippen MR) is 119 cm³/mol. The van der Waals surface area contributed by atoms with Crippen molar-refractivity contribution in [3.05, 3.63) is 65.7 Å². The number of hydrogen-bond acceptors (Lipinski definition) is 6. The highest BCUT2D eigenvalue weighted by Crippen LogP contribution is 2.24. The van der Waals surface area contributed by atoms with Gasteiger partial charge >= 0.3 is 0 Å². The van der Waals surface area contributed by atoms with Crippen LogP contribution < -0.4 is 5.32 Å². The summed E-state index contributed by atoms with van der Waals surface area (Å²) in [5, 5.41) is 2.85. The Labute approximate surface area is 183 Å². The molecule has 1 fully saturated rings. The Morgan fingerprint density at radius 3 is 2.23 bits per heavy atom. The molecule has 0 aromatic heterocycles. The minimum absolute atomic E-state index is 0.00747. The third-order valence-electron chi connectivity index (χ3n) is 5.29. The molecule has 1 aliphatic rings. The minimum atomic E-state index is -3.66. The van der Waals surface area contributed by atoms with Crippen LogP contribution in [0.5, 0.6) is 0 Å². The van der Waals surface area contributed by atoms with Crippen LogP contribution in [0.25, 0.3) is 0 Å². The standard InChI is InChI=1S/C21H27N3O5S2/c1-23(2)31(28,29)19-11-7-6-10-18(19)16-22-21(25)20(17-8-4-3-5-9-17)24-12-14-30(26,27)15-13-24/h3-11,20H,12-16H2,1-2H3,(H,22,25). The number of hydrogen-bond donors (Lipinski definition) is 1. The zero-order valence-corrected chi connectivity index (χ0v) is 19.2. The fraction of sp³-hybridized carbons (Fsp3) is 0.381. The van der Waals surface area contributed by atoms with Crippen molar-refractivity contribution in [1.29, 1.82) is 0 Å². The van der Waals surface area contributed by atoms with Crippen molar-refractivity contribution in [2.75, 3.05) is 38.7 Å². The SMILES string of the molecule is CN(C)S(=O)(=O)c1ccccc1CNC(=O)C(c1ccccc1)N1CCS(=O)(=O)CC1. The molecule has 0 bridgehead atoms. The Kier molecular flexibility index (Phi) is 7.15. The largest absolute Gasteiger partial charge is 0.350 e. The molecule has 2 aromatic rings. The van der Waals surface area contributed by atoms with Gasteiger partial charge in [0.2, 0.25) is 15.9 Å². The molecule has 31 heavy (non-hydrogen) atoms. The molecule has 1 aliphatic heterocycles. The van der Waals surface area contributed by atoms with Crippen molar-refractivity contribution in [3.63, 3.8) is 0 Å². The van der Waals surface area contributed by atoms with E-state index in [1.165, 1.54) is 20.2 Å². The van der Waals surface area contributed by atoms with E-state index in [0.717, 1.165) is 9.87 Å². The Balaban J connectivity index is 1.83. The fourth-order valence-corrected chi connectivity index (χ4v) is 5.87. The summed E-state index contributed by atoms with van der Waals surface area (Å²) in [5.74, 6) is -0.288. The van der Waals surface area contributed by atoms with Crippen molar-refractivity contribution in [2.24, 2.45) is 0 Å². The van der Waals surface area contributed by atoms with Gasteiger partial charge in [0.25, 0.3) is 0 Å². The number of carbonyl (C=O) groups is 1. The number of carbonyl (C=O) groups excluding carboxylic acids is 1. The van der Waals surface area contributed by atoms with Gasteiger partial charge in [0.15, 0.2) is 9.84 Å². The third-order valence-corrected chi connectivity index (χ3v) is 8.82. The lowest BCUT2D eigenvalue weighted by Gasteiger charge is -2.33. The molecule has 0 aliphatic carbocycles. The Hall–Kier alpha value is -2.27. The molecule has 168 valence electrons. The smallest absolute Gasteiger partial charge is 0.242 e. The summed E-state index contributed by atoms with van der Waals surface area (Å²) in [6.45, 7) is 0.569. The second-order valence-corrected chi connectivity index (χ2v) is 12.0. The van der Waals surface area contributed by atoms with Gasteiger partial charge < -0.3 is 5.32 Å². The van der Waals surface area contributed by atoms with E-state index in [1.807, 2.05) is 35.2 Å². The Morgan fingerprint density at radius 1 is 1.03 bits per heavy atom. The molecule has 1 atom stereocenters. The van der Waals surface area contributed by atoms with Gasteiger partial charge in [0, 0.05) is 33.7 Å². The molecule has 2 aromatic carbocycles. The third kappa shape index (κ3) is 5.51. The maximum Gasteiger partial charge on any atom is 0.242 e. The topological polar surface area (TPSA) is 104 Å². The number of rotatable bonds is 7. The van der Waals surface area contributed by atoms with E-state index in [9.17, 15) is 21.6 Å². The quantitative estimate of drug-likeness (QED) is 0.655. The summed E-state index contributed by atoms with van der Waals surface area (Å²) < 4.78 is 50.0. The molecule has 0 radical (unpaired) electrons. The molecule has 0 spiro atoms. The van der Waals surface area contributed by atoms with Crippen LogP contribution in [0.2, 0.25) is 0 Å². The maximum absolute atomic E-state index is 13.2. The lowest BCUT2D eigenvalue weighted by Crippen LogP contribution is -2.47. The monoisotopic (exact) mass is 465 g/mol. The molecular weight excluding hydrogens is 438 g/mol. The summed E-state index contributed by atoms with van der Waals surface area (Å²) >= 11 is 0. The van der Waals surface area contributed by atoms with E-state index in [-0.39, 0.29) is 41.9 Å². The molecule has 8 nitrogen and oxygen atoms in total. The minimum Gasteiger partial charge on any atom is -0.350 e. The first-order valence-corrected chi connectivity index (χ1v) is 13.2. The van der Waals surface area contributed by atoms with Crippen LogP contribution in [0, 0.1) is 0 Å².